The second kappa shape index (κ2) is 4.24. The van der Waals surface area contributed by atoms with E-state index in [-0.39, 0.29) is 6.07 Å². The molecule has 3 nitrogen and oxygen atoms in total. The van der Waals surface area contributed by atoms with Crippen molar-refractivity contribution >= 4 is 0 Å². The lowest BCUT2D eigenvalue weighted by atomic mass is 10.1. The van der Waals surface area contributed by atoms with Gasteiger partial charge in [0.15, 0.2) is 23.3 Å². The number of benzene rings is 1. The molecule has 0 radical (unpaired) electrons. The Morgan fingerprint density at radius 3 is 2.00 bits per heavy atom. The summed E-state index contributed by atoms with van der Waals surface area (Å²) in [5.74, 6) is -6.30. The van der Waals surface area contributed by atoms with Gasteiger partial charge >= 0.3 is 0 Å². The van der Waals surface area contributed by atoms with Crippen LogP contribution in [-0.4, -0.2) is 11.5 Å². The molecule has 0 saturated heterocycles. The lowest BCUT2D eigenvalue weighted by Gasteiger charge is -2.04. The number of hydrogen-bond donors (Lipinski definition) is 0. The summed E-state index contributed by atoms with van der Waals surface area (Å²) in [4.78, 5) is 9.11. The average molecular weight is 223 g/mol. The van der Waals surface area contributed by atoms with Gasteiger partial charge in [-0.3, -0.25) is 10.1 Å². The molecule has 82 valence electrons. The van der Waals surface area contributed by atoms with E-state index in [0.29, 0.717) is 0 Å². The van der Waals surface area contributed by atoms with Gasteiger partial charge in [0.1, 0.15) is 0 Å². The van der Waals surface area contributed by atoms with E-state index in [0.717, 1.165) is 0 Å². The van der Waals surface area contributed by atoms with Crippen molar-refractivity contribution in [2.24, 2.45) is 0 Å². The molecule has 0 bridgehead atoms. The van der Waals surface area contributed by atoms with Crippen LogP contribution in [0.15, 0.2) is 6.07 Å². The van der Waals surface area contributed by atoms with Crippen LogP contribution < -0.4 is 0 Å². The highest BCUT2D eigenvalue weighted by molar-refractivity contribution is 5.22. The molecule has 0 aliphatic heterocycles. The van der Waals surface area contributed by atoms with Crippen LogP contribution in [0.3, 0.4) is 0 Å². The predicted octanol–water partition coefficient (Wildman–Crippen LogP) is 2.06. The third kappa shape index (κ3) is 2.42. The van der Waals surface area contributed by atoms with Crippen molar-refractivity contribution in [1.29, 1.82) is 0 Å². The molecule has 0 atom stereocenters. The zero-order valence-corrected chi connectivity index (χ0v) is 7.27. The first-order valence-electron chi connectivity index (χ1n) is 3.87. The summed E-state index contributed by atoms with van der Waals surface area (Å²) < 4.78 is 51.0. The van der Waals surface area contributed by atoms with Crippen molar-refractivity contribution in [3.05, 3.63) is 45.0 Å². The Bertz CT molecular complexity index is 382. The molecule has 1 aromatic carbocycles. The molecule has 0 spiro atoms. The first-order valence-corrected chi connectivity index (χ1v) is 3.87. The zero-order chi connectivity index (χ0) is 11.6. The zero-order valence-electron chi connectivity index (χ0n) is 7.27. The Labute approximate surface area is 81.5 Å². The summed E-state index contributed by atoms with van der Waals surface area (Å²) >= 11 is 0. The van der Waals surface area contributed by atoms with Gasteiger partial charge in [-0.15, -0.1) is 0 Å². The van der Waals surface area contributed by atoms with Gasteiger partial charge in [0.25, 0.3) is 0 Å². The number of nitrogens with zero attached hydrogens (tertiary/aromatic N) is 1. The van der Waals surface area contributed by atoms with Gasteiger partial charge in [-0.25, -0.2) is 17.6 Å². The van der Waals surface area contributed by atoms with Gasteiger partial charge in [-0.1, -0.05) is 0 Å². The molecule has 15 heavy (non-hydrogen) atoms. The molecule has 0 N–H and O–H groups in total. The molecular formula is C8H5F4NO2. The average Bonchev–Trinajstić information content (AvgIpc) is 2.14. The Morgan fingerprint density at radius 1 is 1.13 bits per heavy atom. The van der Waals surface area contributed by atoms with Crippen LogP contribution >= 0.6 is 0 Å². The van der Waals surface area contributed by atoms with E-state index in [2.05, 4.69) is 0 Å². The van der Waals surface area contributed by atoms with Gasteiger partial charge in [0.2, 0.25) is 6.54 Å². The molecule has 0 aromatic heterocycles. The molecule has 1 aromatic rings. The monoisotopic (exact) mass is 223 g/mol. The van der Waals surface area contributed by atoms with E-state index in [9.17, 15) is 27.7 Å². The first kappa shape index (κ1) is 11.4. The second-order valence-electron chi connectivity index (χ2n) is 2.75. The van der Waals surface area contributed by atoms with Gasteiger partial charge in [0.05, 0.1) is 0 Å². The quantitative estimate of drug-likeness (QED) is 0.340. The molecule has 1 rings (SSSR count). The van der Waals surface area contributed by atoms with Gasteiger partial charge in [-0.05, 0) is 0 Å². The molecule has 7 heteroatoms. The molecule has 0 amide bonds. The second-order valence-corrected chi connectivity index (χ2v) is 2.75. The molecule has 0 aliphatic carbocycles. The summed E-state index contributed by atoms with van der Waals surface area (Å²) in [5, 5.41) is 9.94. The first-order chi connectivity index (χ1) is 6.93. The van der Waals surface area contributed by atoms with E-state index in [1.807, 2.05) is 0 Å². The van der Waals surface area contributed by atoms with Crippen molar-refractivity contribution in [2.45, 2.75) is 6.42 Å². The van der Waals surface area contributed by atoms with E-state index < -0.39 is 46.7 Å². The fourth-order valence-corrected chi connectivity index (χ4v) is 1.05. The highest BCUT2D eigenvalue weighted by Crippen LogP contribution is 2.19. The maximum absolute atomic E-state index is 12.9. The Kier molecular flexibility index (Phi) is 3.23. The van der Waals surface area contributed by atoms with E-state index >= 15 is 0 Å². The van der Waals surface area contributed by atoms with Crippen molar-refractivity contribution in [3.63, 3.8) is 0 Å². The van der Waals surface area contributed by atoms with Crippen LogP contribution in [0.1, 0.15) is 5.56 Å². The highest BCUT2D eigenvalue weighted by atomic mass is 19.2. The van der Waals surface area contributed by atoms with Crippen LogP contribution in [0, 0.1) is 33.4 Å². The standard InChI is InChI=1S/C8H5F4NO2/c9-5-3-6(10)8(12)4(7(5)11)1-2-13(14)15/h3H,1-2H2. The number of halogens is 4. The number of hydrogen-bond acceptors (Lipinski definition) is 2. The summed E-state index contributed by atoms with van der Waals surface area (Å²) in [7, 11) is 0. The van der Waals surface area contributed by atoms with E-state index in [1.165, 1.54) is 0 Å². The van der Waals surface area contributed by atoms with E-state index in [1.54, 1.807) is 0 Å². The molecular weight excluding hydrogens is 218 g/mol. The smallest absolute Gasteiger partial charge is 0.208 e. The Balaban J connectivity index is 3.09. The normalized spacial score (nSPS) is 10.4. The van der Waals surface area contributed by atoms with E-state index in [4.69, 9.17) is 0 Å². The van der Waals surface area contributed by atoms with Gasteiger partial charge < -0.3 is 0 Å². The molecule has 0 heterocycles. The topological polar surface area (TPSA) is 43.1 Å². The number of rotatable bonds is 3. The fourth-order valence-electron chi connectivity index (χ4n) is 1.05. The SMILES string of the molecule is O=[N+]([O-])CCc1c(F)c(F)cc(F)c1F. The third-order valence-corrected chi connectivity index (χ3v) is 1.75. The minimum Gasteiger partial charge on any atom is -0.265 e. The van der Waals surface area contributed by atoms with Crippen LogP contribution in [0.2, 0.25) is 0 Å². The summed E-state index contributed by atoms with van der Waals surface area (Å²) in [6.07, 6.45) is -0.695. The molecule has 0 saturated carbocycles. The van der Waals surface area contributed by atoms with Crippen molar-refractivity contribution in [1.82, 2.24) is 0 Å². The lowest BCUT2D eigenvalue weighted by molar-refractivity contribution is -0.479. The largest absolute Gasteiger partial charge is 0.265 e. The summed E-state index contributed by atoms with van der Waals surface area (Å²) in [5.41, 5.74) is -0.941. The maximum atomic E-state index is 12.9. The lowest BCUT2D eigenvalue weighted by Crippen LogP contribution is -2.10. The number of nitro groups is 1. The van der Waals surface area contributed by atoms with Crippen LogP contribution in [-0.2, 0) is 6.42 Å². The van der Waals surface area contributed by atoms with Crippen LogP contribution in [0.25, 0.3) is 0 Å². The fraction of sp³-hybridized carbons (Fsp3) is 0.250. The third-order valence-electron chi connectivity index (χ3n) is 1.75. The maximum Gasteiger partial charge on any atom is 0.208 e. The van der Waals surface area contributed by atoms with Crippen LogP contribution in [0.4, 0.5) is 17.6 Å². The minimum atomic E-state index is -1.59. The molecule has 0 fully saturated rings. The minimum absolute atomic E-state index is 0.0559. The van der Waals surface area contributed by atoms with Crippen molar-refractivity contribution < 1.29 is 22.5 Å². The predicted molar refractivity (Wildman–Crippen MR) is 41.8 cm³/mol. The van der Waals surface area contributed by atoms with Gasteiger partial charge in [-0.2, -0.15) is 0 Å². The van der Waals surface area contributed by atoms with Crippen molar-refractivity contribution in [2.75, 3.05) is 6.54 Å². The highest BCUT2D eigenvalue weighted by Gasteiger charge is 2.19. The van der Waals surface area contributed by atoms with Crippen LogP contribution in [0.5, 0.6) is 0 Å². The molecule has 0 aliphatic rings. The Hall–Kier alpha value is -1.66. The summed E-state index contributed by atoms with van der Waals surface area (Å²) in [6.45, 7) is -0.795. The Morgan fingerprint density at radius 2 is 1.60 bits per heavy atom. The van der Waals surface area contributed by atoms with Crippen molar-refractivity contribution in [3.8, 4) is 0 Å². The summed E-state index contributed by atoms with van der Waals surface area (Å²) in [6, 6.07) is 0.0559. The molecule has 0 unspecified atom stereocenters. The van der Waals surface area contributed by atoms with Gasteiger partial charge in [0, 0.05) is 23.0 Å².